The average Bonchev–Trinajstić information content (AvgIpc) is 3.17. The van der Waals surface area contributed by atoms with Gasteiger partial charge in [0.05, 0.1) is 0 Å². The summed E-state index contributed by atoms with van der Waals surface area (Å²) in [6.07, 6.45) is 13.3. The molecule has 0 saturated heterocycles. The highest BCUT2D eigenvalue weighted by atomic mass is 28.4. The Morgan fingerprint density at radius 2 is 1.74 bits per heavy atom. The number of benzene rings is 1. The third-order valence-electron chi connectivity index (χ3n) is 10.3. The van der Waals surface area contributed by atoms with Crippen molar-refractivity contribution in [3.8, 4) is 5.75 Å². The molecule has 0 bridgehead atoms. The predicted octanol–water partition coefficient (Wildman–Crippen LogP) is 9.12. The second-order valence-corrected chi connectivity index (χ2v) is 18.4. The van der Waals surface area contributed by atoms with Crippen molar-refractivity contribution in [2.24, 2.45) is 23.2 Å². The topological polar surface area (TPSA) is 29.5 Å². The van der Waals surface area contributed by atoms with Gasteiger partial charge in [0.25, 0.3) is 8.32 Å². The van der Waals surface area contributed by atoms with Gasteiger partial charge < -0.3 is 9.53 Å². The van der Waals surface area contributed by atoms with Crippen molar-refractivity contribution in [1.29, 1.82) is 0 Å². The first-order valence-electron chi connectivity index (χ1n) is 14.4. The van der Waals surface area contributed by atoms with E-state index in [2.05, 4.69) is 91.8 Å². The maximum atomic E-state index is 9.33. The Morgan fingerprint density at radius 3 is 2.37 bits per heavy atom. The summed E-state index contributed by atoms with van der Waals surface area (Å²) in [5.41, 5.74) is 6.66. The van der Waals surface area contributed by atoms with Gasteiger partial charge in [0, 0.05) is 6.61 Å². The number of fused-ring (bicyclic) bond motifs is 5. The van der Waals surface area contributed by atoms with E-state index in [0.29, 0.717) is 52.3 Å². The van der Waals surface area contributed by atoms with Gasteiger partial charge in [0.1, 0.15) is 5.75 Å². The predicted molar refractivity (Wildman–Crippen MR) is 152 cm³/mol. The van der Waals surface area contributed by atoms with Crippen LogP contribution >= 0.6 is 0 Å². The molecule has 0 spiro atoms. The number of aliphatic hydroxyl groups excluding tert-OH is 1. The maximum Gasteiger partial charge on any atom is 0.258 e. The summed E-state index contributed by atoms with van der Waals surface area (Å²) in [4.78, 5) is 0. The quantitative estimate of drug-likeness (QED) is 0.274. The van der Waals surface area contributed by atoms with Crippen LogP contribution in [0.5, 0.6) is 5.75 Å². The van der Waals surface area contributed by atoms with E-state index in [1.54, 1.807) is 11.1 Å². The van der Waals surface area contributed by atoms with E-state index in [4.69, 9.17) is 4.43 Å². The molecule has 0 aromatic heterocycles. The lowest BCUT2D eigenvalue weighted by Gasteiger charge is -2.49. The van der Waals surface area contributed by atoms with Crippen LogP contribution in [0.2, 0.25) is 16.6 Å². The van der Waals surface area contributed by atoms with Crippen LogP contribution in [0.4, 0.5) is 0 Å². The molecule has 1 fully saturated rings. The van der Waals surface area contributed by atoms with Gasteiger partial charge in [-0.3, -0.25) is 0 Å². The lowest BCUT2D eigenvalue weighted by atomic mass is 9.55. The molecule has 1 N–H and O–H groups in total. The normalized spacial score (nSPS) is 28.7. The van der Waals surface area contributed by atoms with E-state index in [1.165, 1.54) is 24.8 Å². The molecule has 0 amide bonds. The van der Waals surface area contributed by atoms with Crippen molar-refractivity contribution >= 4 is 14.4 Å². The summed E-state index contributed by atoms with van der Waals surface area (Å²) in [6, 6.07) is 7.04. The Bertz CT molecular complexity index is 937. The summed E-state index contributed by atoms with van der Waals surface area (Å²) in [5, 5.41) is 9.33. The standard InChI is InChI=1S/C32H50O2Si/c1-21(2)35(22(3)4,23(5)6)34-26-12-14-27-25(20-26)11-13-29-28(27)17-18-32(8)30(15-16-31(29)32)24(7)10-9-19-33/h11-15,20-24,28-29,31,33H,9-10,16-19H2,1-8H3/t24-,28-,29-,31+,32-/m1/s1. The molecule has 3 heteroatoms. The van der Waals surface area contributed by atoms with E-state index in [0.717, 1.165) is 18.6 Å². The van der Waals surface area contributed by atoms with Crippen LogP contribution in [0, 0.1) is 23.2 Å². The van der Waals surface area contributed by atoms with Crippen molar-refractivity contribution in [3.63, 3.8) is 0 Å². The number of aliphatic hydroxyl groups is 1. The molecular weight excluding hydrogens is 444 g/mol. The Labute approximate surface area is 216 Å². The first kappa shape index (κ1) is 26.7. The smallest absolute Gasteiger partial charge is 0.258 e. The Hall–Kier alpha value is -1.32. The summed E-state index contributed by atoms with van der Waals surface area (Å²) in [5.74, 6) is 3.63. The van der Waals surface area contributed by atoms with Gasteiger partial charge in [-0.2, -0.15) is 0 Å². The molecule has 1 aromatic carbocycles. The first-order valence-corrected chi connectivity index (χ1v) is 16.5. The van der Waals surface area contributed by atoms with E-state index >= 15 is 0 Å². The Morgan fingerprint density at radius 1 is 1.06 bits per heavy atom. The maximum absolute atomic E-state index is 9.33. The molecule has 0 heterocycles. The van der Waals surface area contributed by atoms with E-state index in [9.17, 15) is 5.11 Å². The molecule has 2 nitrogen and oxygen atoms in total. The van der Waals surface area contributed by atoms with Crippen molar-refractivity contribution < 1.29 is 9.53 Å². The van der Waals surface area contributed by atoms with Gasteiger partial charge in [-0.25, -0.2) is 0 Å². The molecule has 0 aliphatic heterocycles. The summed E-state index contributed by atoms with van der Waals surface area (Å²) >= 11 is 0. The van der Waals surface area contributed by atoms with E-state index in [1.807, 2.05) is 0 Å². The molecular formula is C32H50O2Si. The molecule has 1 aromatic rings. The molecule has 194 valence electrons. The van der Waals surface area contributed by atoms with Crippen LogP contribution in [0.25, 0.3) is 6.08 Å². The highest BCUT2D eigenvalue weighted by molar-refractivity contribution is 6.78. The zero-order chi connectivity index (χ0) is 25.5. The van der Waals surface area contributed by atoms with Gasteiger partial charge >= 0.3 is 0 Å². The van der Waals surface area contributed by atoms with Crippen LogP contribution in [0.3, 0.4) is 0 Å². The molecule has 3 aliphatic carbocycles. The number of rotatable bonds is 9. The number of hydrogen-bond donors (Lipinski definition) is 1. The van der Waals surface area contributed by atoms with Crippen LogP contribution in [0.1, 0.15) is 105 Å². The zero-order valence-corrected chi connectivity index (χ0v) is 24.6. The van der Waals surface area contributed by atoms with E-state index < -0.39 is 8.32 Å². The molecule has 5 atom stereocenters. The van der Waals surface area contributed by atoms with Crippen molar-refractivity contribution in [2.45, 2.75) is 110 Å². The molecule has 3 aliphatic rings. The first-order chi connectivity index (χ1) is 16.6. The number of allylic oxidation sites excluding steroid dienone is 3. The second-order valence-electron chi connectivity index (χ2n) is 13.0. The van der Waals surface area contributed by atoms with Crippen LogP contribution in [-0.2, 0) is 0 Å². The molecule has 35 heavy (non-hydrogen) atoms. The van der Waals surface area contributed by atoms with Crippen molar-refractivity contribution in [1.82, 2.24) is 0 Å². The third-order valence-corrected chi connectivity index (χ3v) is 16.3. The zero-order valence-electron chi connectivity index (χ0n) is 23.6. The van der Waals surface area contributed by atoms with Crippen LogP contribution < -0.4 is 4.43 Å². The molecule has 1 saturated carbocycles. The minimum atomic E-state index is -1.95. The molecule has 0 unspecified atom stereocenters. The minimum Gasteiger partial charge on any atom is -0.543 e. The second kappa shape index (κ2) is 10.2. The fourth-order valence-corrected chi connectivity index (χ4v) is 13.9. The monoisotopic (exact) mass is 494 g/mol. The van der Waals surface area contributed by atoms with Crippen molar-refractivity contribution in [2.75, 3.05) is 6.61 Å². The highest BCUT2D eigenvalue weighted by Gasteiger charge is 2.52. The lowest BCUT2D eigenvalue weighted by molar-refractivity contribution is 0.105. The SMILES string of the molecule is CC(C)[Si](Oc1ccc2c(c1)C=C[C@@H]1[C@@H]2CC[C@]2(C)C([C@H](C)CCCO)=CC[C@@H]12)(C(C)C)C(C)C. The van der Waals surface area contributed by atoms with Gasteiger partial charge in [-0.05, 0) is 101 Å². The number of hydrogen-bond acceptors (Lipinski definition) is 2. The minimum absolute atomic E-state index is 0.308. The lowest BCUT2D eigenvalue weighted by Crippen LogP contribution is -2.50. The molecule has 0 radical (unpaired) electrons. The van der Waals surface area contributed by atoms with Gasteiger partial charge in [-0.15, -0.1) is 0 Å². The van der Waals surface area contributed by atoms with Crippen LogP contribution in [0.15, 0.2) is 35.9 Å². The largest absolute Gasteiger partial charge is 0.543 e. The van der Waals surface area contributed by atoms with Gasteiger partial charge in [0.15, 0.2) is 0 Å². The van der Waals surface area contributed by atoms with Crippen LogP contribution in [-0.4, -0.2) is 20.0 Å². The van der Waals surface area contributed by atoms with Gasteiger partial charge in [0.2, 0.25) is 0 Å². The van der Waals surface area contributed by atoms with E-state index in [-0.39, 0.29) is 0 Å². The Balaban J connectivity index is 1.57. The fraction of sp³-hybridized carbons (Fsp3) is 0.688. The fourth-order valence-electron chi connectivity index (χ4n) is 8.62. The third kappa shape index (κ3) is 4.50. The average molecular weight is 495 g/mol. The Kier molecular flexibility index (Phi) is 7.80. The summed E-state index contributed by atoms with van der Waals surface area (Å²) in [6.45, 7) is 19.4. The summed E-state index contributed by atoms with van der Waals surface area (Å²) in [7, 11) is -1.95. The van der Waals surface area contributed by atoms with Gasteiger partial charge in [-0.1, -0.05) is 85.3 Å². The van der Waals surface area contributed by atoms with Crippen molar-refractivity contribution in [3.05, 3.63) is 47.1 Å². The molecule has 4 rings (SSSR count). The highest BCUT2D eigenvalue weighted by Crippen LogP contribution is 2.62. The summed E-state index contributed by atoms with van der Waals surface area (Å²) < 4.78 is 7.03.